The lowest BCUT2D eigenvalue weighted by Gasteiger charge is -1.79. The summed E-state index contributed by atoms with van der Waals surface area (Å²) < 4.78 is 0. The first-order chi connectivity index (χ1) is 5.72. The fraction of sp³-hybridized carbons (Fsp3) is 0. The number of carbonyl (C=O) groups is 1. The van der Waals surface area contributed by atoms with E-state index in [9.17, 15) is 4.79 Å². The number of aliphatic carboxylic acids is 1. The summed E-state index contributed by atoms with van der Waals surface area (Å²) in [6.07, 6.45) is 2.50. The first kappa shape index (κ1) is 8.50. The summed E-state index contributed by atoms with van der Waals surface area (Å²) >= 11 is 1.30. The van der Waals surface area contributed by atoms with Crippen molar-refractivity contribution in [2.24, 2.45) is 0 Å². The van der Waals surface area contributed by atoms with Crippen LogP contribution in [-0.2, 0) is 4.79 Å². The third-order valence-corrected chi connectivity index (χ3v) is 2.00. The maximum atomic E-state index is 10.1. The van der Waals surface area contributed by atoms with Crippen LogP contribution in [0.4, 0.5) is 0 Å². The third-order valence-electron chi connectivity index (χ3n) is 1.15. The molecule has 4 heteroatoms. The molecule has 60 valence electrons. The summed E-state index contributed by atoms with van der Waals surface area (Å²) in [6, 6.07) is 3.62. The number of hydrogen-bond acceptors (Lipinski definition) is 3. The monoisotopic (exact) mass is 179 g/mol. The molecule has 3 nitrogen and oxygen atoms in total. The smallest absolute Gasteiger partial charge is 0.328 e. The zero-order valence-corrected chi connectivity index (χ0v) is 6.84. The number of carboxylic acid groups (broad SMARTS) is 1. The molecule has 1 aromatic heterocycles. The van der Waals surface area contributed by atoms with Crippen LogP contribution in [0.2, 0.25) is 0 Å². The first-order valence-corrected chi connectivity index (χ1v) is 4.00. The Bertz CT molecular complexity index is 359. The van der Waals surface area contributed by atoms with Crippen LogP contribution >= 0.6 is 11.3 Å². The van der Waals surface area contributed by atoms with E-state index >= 15 is 0 Å². The molecule has 0 aliphatic carbocycles. The molecule has 0 aliphatic heterocycles. The van der Waals surface area contributed by atoms with E-state index in [-0.39, 0.29) is 0 Å². The van der Waals surface area contributed by atoms with E-state index in [1.807, 2.05) is 6.07 Å². The van der Waals surface area contributed by atoms with Gasteiger partial charge in [-0.25, -0.2) is 4.79 Å². The predicted octanol–water partition coefficient (Wildman–Crippen LogP) is 1.72. The van der Waals surface area contributed by atoms with E-state index in [2.05, 4.69) is 0 Å². The summed E-state index contributed by atoms with van der Waals surface area (Å²) in [7, 11) is 0. The average Bonchev–Trinajstić information content (AvgIpc) is 2.48. The van der Waals surface area contributed by atoms with Gasteiger partial charge in [-0.05, 0) is 23.1 Å². The van der Waals surface area contributed by atoms with Crippen molar-refractivity contribution in [1.82, 2.24) is 0 Å². The van der Waals surface area contributed by atoms with Crippen LogP contribution in [0.3, 0.4) is 0 Å². The zero-order valence-electron chi connectivity index (χ0n) is 6.02. The van der Waals surface area contributed by atoms with Crippen LogP contribution in [0.25, 0.3) is 6.08 Å². The van der Waals surface area contributed by atoms with Gasteiger partial charge in [0.1, 0.15) is 10.9 Å². The molecular weight excluding hydrogens is 174 g/mol. The molecular formula is C8H5NO2S. The van der Waals surface area contributed by atoms with Gasteiger partial charge in [-0.3, -0.25) is 0 Å². The van der Waals surface area contributed by atoms with Crippen molar-refractivity contribution < 1.29 is 9.90 Å². The third kappa shape index (κ3) is 2.22. The highest BCUT2D eigenvalue weighted by Crippen LogP contribution is 2.14. The average molecular weight is 179 g/mol. The second-order valence-electron chi connectivity index (χ2n) is 2.03. The lowest BCUT2D eigenvalue weighted by molar-refractivity contribution is -0.131. The van der Waals surface area contributed by atoms with Crippen molar-refractivity contribution in [3.63, 3.8) is 0 Å². The molecule has 1 N–H and O–H groups in total. The van der Waals surface area contributed by atoms with E-state index in [0.717, 1.165) is 11.6 Å². The summed E-state index contributed by atoms with van der Waals surface area (Å²) in [5.74, 6) is -0.986. The van der Waals surface area contributed by atoms with Gasteiger partial charge in [-0.2, -0.15) is 5.26 Å². The van der Waals surface area contributed by atoms with Gasteiger partial charge < -0.3 is 5.11 Å². The minimum absolute atomic E-state index is 0.583. The number of thiophene rings is 1. The van der Waals surface area contributed by atoms with Crippen molar-refractivity contribution >= 4 is 23.4 Å². The lowest BCUT2D eigenvalue weighted by atomic mass is 10.3. The fourth-order valence-electron chi connectivity index (χ4n) is 0.664. The second-order valence-corrected chi connectivity index (χ2v) is 2.94. The molecule has 0 unspecified atom stereocenters. The topological polar surface area (TPSA) is 61.1 Å². The van der Waals surface area contributed by atoms with Crippen LogP contribution in [0, 0.1) is 11.3 Å². The maximum Gasteiger partial charge on any atom is 0.328 e. The summed E-state index contributed by atoms with van der Waals surface area (Å²) in [4.78, 5) is 10.7. The van der Waals surface area contributed by atoms with E-state index in [1.54, 1.807) is 11.4 Å². The number of nitrogens with zero attached hydrogens (tertiary/aromatic N) is 1. The standard InChI is InChI=1S/C8H5NO2S/c9-4-7-3-6(5-12-7)1-2-8(10)11/h1-3,5H,(H,10,11). The van der Waals surface area contributed by atoms with Gasteiger partial charge >= 0.3 is 5.97 Å². The number of nitriles is 1. The Hall–Kier alpha value is -1.60. The minimum atomic E-state index is -0.986. The first-order valence-electron chi connectivity index (χ1n) is 3.12. The molecule has 0 aromatic carbocycles. The van der Waals surface area contributed by atoms with Crippen LogP contribution in [0.5, 0.6) is 0 Å². The van der Waals surface area contributed by atoms with Crippen molar-refractivity contribution in [3.05, 3.63) is 28.0 Å². The summed E-state index contributed by atoms with van der Waals surface area (Å²) in [5, 5.41) is 18.5. The molecule has 1 aromatic rings. The van der Waals surface area contributed by atoms with Crippen LogP contribution < -0.4 is 0 Å². The van der Waals surface area contributed by atoms with Gasteiger partial charge in [0.05, 0.1) is 0 Å². The molecule has 0 spiro atoms. The molecule has 0 bridgehead atoms. The van der Waals surface area contributed by atoms with Crippen LogP contribution in [0.1, 0.15) is 10.4 Å². The van der Waals surface area contributed by atoms with Gasteiger partial charge in [-0.15, -0.1) is 11.3 Å². The molecule has 0 saturated carbocycles. The fourth-order valence-corrected chi connectivity index (χ4v) is 1.33. The molecule has 0 fully saturated rings. The second kappa shape index (κ2) is 3.69. The Morgan fingerprint density at radius 2 is 2.50 bits per heavy atom. The largest absolute Gasteiger partial charge is 0.478 e. The number of hydrogen-bond donors (Lipinski definition) is 1. The Balaban J connectivity index is 2.78. The van der Waals surface area contributed by atoms with Gasteiger partial charge in [0.2, 0.25) is 0 Å². The molecule has 12 heavy (non-hydrogen) atoms. The van der Waals surface area contributed by atoms with Crippen molar-refractivity contribution in [3.8, 4) is 6.07 Å². The molecule has 0 atom stereocenters. The zero-order chi connectivity index (χ0) is 8.97. The predicted molar refractivity (Wildman–Crippen MR) is 45.7 cm³/mol. The molecule has 1 rings (SSSR count). The Morgan fingerprint density at radius 1 is 1.75 bits per heavy atom. The molecule has 1 heterocycles. The van der Waals surface area contributed by atoms with Gasteiger partial charge in [0.25, 0.3) is 0 Å². The number of carboxylic acids is 1. The van der Waals surface area contributed by atoms with Crippen LogP contribution in [0.15, 0.2) is 17.5 Å². The van der Waals surface area contributed by atoms with Crippen molar-refractivity contribution in [2.75, 3.05) is 0 Å². The van der Waals surface area contributed by atoms with Gasteiger partial charge in [-0.1, -0.05) is 0 Å². The number of rotatable bonds is 2. The van der Waals surface area contributed by atoms with Crippen molar-refractivity contribution in [1.29, 1.82) is 5.26 Å². The molecule has 0 aliphatic rings. The highest BCUT2D eigenvalue weighted by molar-refractivity contribution is 7.10. The Kier molecular flexibility index (Phi) is 2.62. The lowest BCUT2D eigenvalue weighted by Crippen LogP contribution is -1.84. The highest BCUT2D eigenvalue weighted by Gasteiger charge is 1.94. The van der Waals surface area contributed by atoms with E-state index in [0.29, 0.717) is 4.88 Å². The normalized spacial score (nSPS) is 9.92. The quantitative estimate of drug-likeness (QED) is 0.703. The van der Waals surface area contributed by atoms with E-state index in [4.69, 9.17) is 10.4 Å². The van der Waals surface area contributed by atoms with Crippen molar-refractivity contribution in [2.45, 2.75) is 0 Å². The summed E-state index contributed by atoms with van der Waals surface area (Å²) in [6.45, 7) is 0. The van der Waals surface area contributed by atoms with Gasteiger partial charge in [0.15, 0.2) is 0 Å². The molecule has 0 radical (unpaired) electrons. The van der Waals surface area contributed by atoms with Gasteiger partial charge in [0, 0.05) is 6.08 Å². The Labute approximate surface area is 73.2 Å². The minimum Gasteiger partial charge on any atom is -0.478 e. The molecule has 0 amide bonds. The highest BCUT2D eigenvalue weighted by atomic mass is 32.1. The van der Waals surface area contributed by atoms with Crippen LogP contribution in [-0.4, -0.2) is 11.1 Å². The Morgan fingerprint density at radius 3 is 3.00 bits per heavy atom. The van der Waals surface area contributed by atoms with E-state index in [1.165, 1.54) is 17.4 Å². The maximum absolute atomic E-state index is 10.1. The van der Waals surface area contributed by atoms with E-state index < -0.39 is 5.97 Å². The summed E-state index contributed by atoms with van der Waals surface area (Å²) in [5.41, 5.74) is 0.749. The molecule has 0 saturated heterocycles. The SMILES string of the molecule is N#Cc1cc(C=CC(=O)O)cs1.